The molecule has 0 radical (unpaired) electrons. The number of fused-ring (bicyclic) bond motifs is 1. The van der Waals surface area contributed by atoms with Crippen LogP contribution in [0, 0.1) is 11.6 Å². The number of benzene rings is 3. The second kappa shape index (κ2) is 9.77. The number of halogens is 2. The Kier molecular flexibility index (Phi) is 6.90. The van der Waals surface area contributed by atoms with Gasteiger partial charge in [0.2, 0.25) is 5.91 Å². The monoisotopic (exact) mass is 516 g/mol. The van der Waals surface area contributed by atoms with Gasteiger partial charge in [-0.05, 0) is 74.5 Å². The lowest BCUT2D eigenvalue weighted by Gasteiger charge is -2.38. The van der Waals surface area contributed by atoms with Gasteiger partial charge in [0.05, 0.1) is 23.7 Å². The van der Waals surface area contributed by atoms with Gasteiger partial charge in [0.25, 0.3) is 10.0 Å². The third kappa shape index (κ3) is 5.43. The molecule has 1 atom stereocenters. The lowest BCUT2D eigenvalue weighted by atomic mass is 9.89. The molecule has 0 saturated heterocycles. The molecule has 36 heavy (non-hydrogen) atoms. The molecule has 1 amide bonds. The first-order valence-electron chi connectivity index (χ1n) is 11.2. The Morgan fingerprint density at radius 1 is 1.06 bits per heavy atom. The third-order valence-corrected chi connectivity index (χ3v) is 7.60. The standard InChI is InChI=1S/C26H26F2N2O5S/c1-26(2)15-23(22-13-10-20(34-3)14-24(22)35-26)29-25(31)16-30(19-8-4-17(27)5-9-19)36(32,33)21-11-6-18(28)7-12-21/h4-14,23H,15-16H2,1-3H3,(H,29,31). The van der Waals surface area contributed by atoms with E-state index in [9.17, 15) is 22.0 Å². The molecule has 190 valence electrons. The molecule has 1 heterocycles. The Balaban J connectivity index is 1.64. The first-order chi connectivity index (χ1) is 17.0. The van der Waals surface area contributed by atoms with E-state index in [1.54, 1.807) is 25.3 Å². The Bertz CT molecular complexity index is 1360. The largest absolute Gasteiger partial charge is 0.497 e. The normalized spacial score (nSPS) is 16.4. The van der Waals surface area contributed by atoms with Gasteiger partial charge in [-0.2, -0.15) is 0 Å². The minimum absolute atomic E-state index is 0.0910. The van der Waals surface area contributed by atoms with E-state index in [-0.39, 0.29) is 10.6 Å². The topological polar surface area (TPSA) is 84.9 Å². The summed E-state index contributed by atoms with van der Waals surface area (Å²) in [6, 6.07) is 13.8. The summed E-state index contributed by atoms with van der Waals surface area (Å²) >= 11 is 0. The summed E-state index contributed by atoms with van der Waals surface area (Å²) in [7, 11) is -2.73. The molecule has 0 saturated carbocycles. The van der Waals surface area contributed by atoms with E-state index in [2.05, 4.69) is 5.32 Å². The number of nitrogens with zero attached hydrogens (tertiary/aromatic N) is 1. The molecule has 1 aliphatic heterocycles. The predicted octanol–water partition coefficient (Wildman–Crippen LogP) is 4.59. The van der Waals surface area contributed by atoms with Crippen LogP contribution in [0.1, 0.15) is 31.9 Å². The average Bonchev–Trinajstić information content (AvgIpc) is 2.82. The molecule has 0 spiro atoms. The summed E-state index contributed by atoms with van der Waals surface area (Å²) in [5, 5.41) is 2.91. The van der Waals surface area contributed by atoms with Gasteiger partial charge in [0.15, 0.2) is 0 Å². The van der Waals surface area contributed by atoms with E-state index in [0.29, 0.717) is 17.9 Å². The SMILES string of the molecule is COc1ccc2c(c1)OC(C)(C)CC2NC(=O)CN(c1ccc(F)cc1)S(=O)(=O)c1ccc(F)cc1. The number of rotatable bonds is 7. The Hall–Kier alpha value is -3.66. The maximum atomic E-state index is 13.5. The quantitative estimate of drug-likeness (QED) is 0.497. The number of sulfonamides is 1. The van der Waals surface area contributed by atoms with E-state index in [4.69, 9.17) is 9.47 Å². The highest BCUT2D eigenvalue weighted by atomic mass is 32.2. The van der Waals surface area contributed by atoms with E-state index in [0.717, 1.165) is 46.3 Å². The maximum absolute atomic E-state index is 13.5. The van der Waals surface area contributed by atoms with Crippen LogP contribution in [0.2, 0.25) is 0 Å². The minimum atomic E-state index is -4.27. The summed E-state index contributed by atoms with van der Waals surface area (Å²) in [6.45, 7) is 3.20. The molecule has 1 N–H and O–H groups in total. The zero-order valence-electron chi connectivity index (χ0n) is 20.0. The fraction of sp³-hybridized carbons (Fsp3) is 0.269. The Labute approximate surface area is 208 Å². The van der Waals surface area contributed by atoms with Crippen molar-refractivity contribution in [2.24, 2.45) is 0 Å². The second-order valence-electron chi connectivity index (χ2n) is 9.03. The molecule has 0 bridgehead atoms. The molecule has 0 aromatic heterocycles. The summed E-state index contributed by atoms with van der Waals surface area (Å²) < 4.78 is 66.0. The number of anilines is 1. The molecule has 1 aliphatic rings. The van der Waals surface area contributed by atoms with Crippen LogP contribution in [0.3, 0.4) is 0 Å². The van der Waals surface area contributed by atoms with Crippen LogP contribution in [0.5, 0.6) is 11.5 Å². The number of ether oxygens (including phenoxy) is 2. The van der Waals surface area contributed by atoms with Crippen molar-refractivity contribution in [3.05, 3.63) is 83.9 Å². The van der Waals surface area contributed by atoms with Gasteiger partial charge in [-0.1, -0.05) is 0 Å². The molecule has 0 aliphatic carbocycles. The van der Waals surface area contributed by atoms with Gasteiger partial charge in [-0.3, -0.25) is 9.10 Å². The molecular weight excluding hydrogens is 490 g/mol. The third-order valence-electron chi connectivity index (χ3n) is 5.82. The summed E-state index contributed by atoms with van der Waals surface area (Å²) in [5.74, 6) is -0.569. The van der Waals surface area contributed by atoms with Crippen molar-refractivity contribution in [1.82, 2.24) is 5.32 Å². The van der Waals surface area contributed by atoms with E-state index >= 15 is 0 Å². The minimum Gasteiger partial charge on any atom is -0.497 e. The summed E-state index contributed by atoms with van der Waals surface area (Å²) in [6.07, 6.45) is 0.444. The van der Waals surface area contributed by atoms with E-state index in [1.165, 1.54) is 12.1 Å². The molecular formula is C26H26F2N2O5S. The number of carbonyl (C=O) groups is 1. The lowest BCUT2D eigenvalue weighted by Crippen LogP contribution is -2.45. The number of carbonyl (C=O) groups excluding carboxylic acids is 1. The molecule has 4 rings (SSSR count). The van der Waals surface area contributed by atoms with Crippen molar-refractivity contribution in [2.75, 3.05) is 18.0 Å². The van der Waals surface area contributed by atoms with Crippen molar-refractivity contribution < 1.29 is 31.5 Å². The molecule has 3 aromatic carbocycles. The summed E-state index contributed by atoms with van der Waals surface area (Å²) in [5.41, 5.74) is 0.222. The van der Waals surface area contributed by atoms with Gasteiger partial charge in [0, 0.05) is 18.1 Å². The van der Waals surface area contributed by atoms with Crippen LogP contribution in [0.15, 0.2) is 71.6 Å². The van der Waals surface area contributed by atoms with Crippen LogP contribution in [-0.4, -0.2) is 33.6 Å². The second-order valence-corrected chi connectivity index (χ2v) is 10.9. The van der Waals surface area contributed by atoms with Crippen molar-refractivity contribution in [3.63, 3.8) is 0 Å². The highest BCUT2D eigenvalue weighted by Crippen LogP contribution is 2.41. The number of hydrogen-bond donors (Lipinski definition) is 1. The number of amides is 1. The first kappa shape index (κ1) is 25.4. The fourth-order valence-corrected chi connectivity index (χ4v) is 5.54. The molecule has 3 aromatic rings. The maximum Gasteiger partial charge on any atom is 0.264 e. The van der Waals surface area contributed by atoms with E-state index < -0.39 is 45.8 Å². The lowest BCUT2D eigenvalue weighted by molar-refractivity contribution is -0.120. The van der Waals surface area contributed by atoms with Crippen LogP contribution in [0.25, 0.3) is 0 Å². The van der Waals surface area contributed by atoms with Crippen molar-refractivity contribution in [2.45, 2.75) is 36.8 Å². The van der Waals surface area contributed by atoms with Gasteiger partial charge < -0.3 is 14.8 Å². The first-order valence-corrected chi connectivity index (χ1v) is 12.6. The van der Waals surface area contributed by atoms with Crippen LogP contribution < -0.4 is 19.1 Å². The zero-order chi connectivity index (χ0) is 26.1. The van der Waals surface area contributed by atoms with Gasteiger partial charge in [0.1, 0.15) is 35.3 Å². The van der Waals surface area contributed by atoms with Crippen LogP contribution in [-0.2, 0) is 14.8 Å². The molecule has 10 heteroatoms. The summed E-state index contributed by atoms with van der Waals surface area (Å²) in [4.78, 5) is 13.0. The predicted molar refractivity (Wildman–Crippen MR) is 131 cm³/mol. The van der Waals surface area contributed by atoms with Crippen molar-refractivity contribution in [3.8, 4) is 11.5 Å². The van der Waals surface area contributed by atoms with Crippen molar-refractivity contribution in [1.29, 1.82) is 0 Å². The van der Waals surface area contributed by atoms with Crippen LogP contribution in [0.4, 0.5) is 14.5 Å². The molecule has 0 fully saturated rings. The van der Waals surface area contributed by atoms with Gasteiger partial charge in [-0.25, -0.2) is 17.2 Å². The Morgan fingerprint density at radius 2 is 1.67 bits per heavy atom. The van der Waals surface area contributed by atoms with E-state index in [1.807, 2.05) is 13.8 Å². The zero-order valence-corrected chi connectivity index (χ0v) is 20.8. The number of methoxy groups -OCH3 is 1. The van der Waals surface area contributed by atoms with Gasteiger partial charge >= 0.3 is 0 Å². The number of nitrogens with one attached hydrogen (secondary N) is 1. The fourth-order valence-electron chi connectivity index (χ4n) is 4.11. The number of hydrogen-bond acceptors (Lipinski definition) is 5. The smallest absolute Gasteiger partial charge is 0.264 e. The van der Waals surface area contributed by atoms with Crippen molar-refractivity contribution >= 4 is 21.6 Å². The average molecular weight is 517 g/mol. The molecule has 1 unspecified atom stereocenters. The van der Waals surface area contributed by atoms with Gasteiger partial charge in [-0.15, -0.1) is 0 Å². The van der Waals surface area contributed by atoms with Crippen LogP contribution >= 0.6 is 0 Å². The highest BCUT2D eigenvalue weighted by molar-refractivity contribution is 7.92. The molecule has 7 nitrogen and oxygen atoms in total. The Morgan fingerprint density at radius 3 is 2.28 bits per heavy atom. The highest BCUT2D eigenvalue weighted by Gasteiger charge is 2.36.